The van der Waals surface area contributed by atoms with Gasteiger partial charge in [-0.2, -0.15) is 13.2 Å². The van der Waals surface area contributed by atoms with E-state index in [-0.39, 0.29) is 18.5 Å². The van der Waals surface area contributed by atoms with E-state index in [1.807, 2.05) is 0 Å². The number of nitrogens with zero attached hydrogens (tertiary/aromatic N) is 3. The monoisotopic (exact) mass is 423 g/mol. The summed E-state index contributed by atoms with van der Waals surface area (Å²) in [5.41, 5.74) is -2.47. The van der Waals surface area contributed by atoms with Crippen molar-refractivity contribution in [1.82, 2.24) is 14.7 Å². The van der Waals surface area contributed by atoms with Crippen LogP contribution in [-0.4, -0.2) is 70.5 Å². The lowest BCUT2D eigenvalue weighted by Crippen LogP contribution is -2.68. The average Bonchev–Trinajstić information content (AvgIpc) is 3.08. The third kappa shape index (κ3) is 2.39. The van der Waals surface area contributed by atoms with Gasteiger partial charge in [-0.25, -0.2) is 0 Å². The zero-order valence-electron chi connectivity index (χ0n) is 16.6. The topological polar surface area (TPSA) is 78.0 Å². The summed E-state index contributed by atoms with van der Waals surface area (Å²) < 4.78 is 38.6. The maximum atomic E-state index is 13.4. The Hall–Kier alpha value is -2.91. The number of rotatable bonds is 2. The zero-order valence-corrected chi connectivity index (χ0v) is 16.6. The van der Waals surface area contributed by atoms with Crippen molar-refractivity contribution in [3.63, 3.8) is 0 Å². The molecule has 1 aromatic carbocycles. The van der Waals surface area contributed by atoms with Gasteiger partial charge in [-0.15, -0.1) is 0 Å². The summed E-state index contributed by atoms with van der Waals surface area (Å²) in [5, 5.41) is 0. The minimum absolute atomic E-state index is 0.0311. The van der Waals surface area contributed by atoms with Crippen molar-refractivity contribution >= 4 is 23.6 Å². The van der Waals surface area contributed by atoms with Crippen molar-refractivity contribution in [3.05, 3.63) is 35.4 Å². The van der Waals surface area contributed by atoms with Crippen LogP contribution in [0.1, 0.15) is 29.3 Å². The largest absolute Gasteiger partial charge is 0.416 e. The lowest BCUT2D eigenvalue weighted by atomic mass is 9.78. The molecule has 10 heteroatoms. The lowest BCUT2D eigenvalue weighted by molar-refractivity contribution is -0.155. The van der Waals surface area contributed by atoms with Gasteiger partial charge in [-0.1, -0.05) is 6.92 Å². The Labute approximate surface area is 170 Å². The number of likely N-dealkylation sites (N-methyl/N-ethyl adjacent to an activating group) is 1. The highest BCUT2D eigenvalue weighted by Gasteiger charge is 2.74. The first-order valence-corrected chi connectivity index (χ1v) is 9.54. The molecule has 0 aromatic heterocycles. The summed E-state index contributed by atoms with van der Waals surface area (Å²) in [6.45, 7) is 1.74. The Bertz CT molecular complexity index is 961. The molecule has 3 aliphatic heterocycles. The first-order chi connectivity index (χ1) is 14.0. The summed E-state index contributed by atoms with van der Waals surface area (Å²) >= 11 is 0. The summed E-state index contributed by atoms with van der Waals surface area (Å²) in [6.07, 6.45) is -4.44. The van der Waals surface area contributed by atoms with E-state index in [0.29, 0.717) is 0 Å². The number of hydrogen-bond acceptors (Lipinski definition) is 4. The van der Waals surface area contributed by atoms with E-state index < -0.39 is 58.8 Å². The molecule has 0 unspecified atom stereocenters. The first-order valence-electron chi connectivity index (χ1n) is 9.54. The van der Waals surface area contributed by atoms with E-state index in [4.69, 9.17) is 0 Å². The van der Waals surface area contributed by atoms with Gasteiger partial charge in [-0.3, -0.25) is 24.1 Å². The van der Waals surface area contributed by atoms with Crippen LogP contribution in [0.25, 0.3) is 0 Å². The predicted octanol–water partition coefficient (Wildman–Crippen LogP) is 1.38. The number of likely N-dealkylation sites (tertiary alicyclic amines) is 2. The highest BCUT2D eigenvalue weighted by Crippen LogP contribution is 2.53. The van der Waals surface area contributed by atoms with E-state index in [0.717, 1.165) is 29.2 Å². The molecule has 0 spiro atoms. The molecule has 0 radical (unpaired) electrons. The molecule has 3 heterocycles. The van der Waals surface area contributed by atoms with E-state index >= 15 is 0 Å². The van der Waals surface area contributed by atoms with Crippen LogP contribution in [-0.2, 0) is 20.6 Å². The van der Waals surface area contributed by atoms with Crippen molar-refractivity contribution < 1.29 is 32.3 Å². The minimum atomic E-state index is -4.55. The molecule has 2 bridgehead atoms. The summed E-state index contributed by atoms with van der Waals surface area (Å²) in [5.74, 6) is -3.91. The van der Waals surface area contributed by atoms with E-state index in [1.165, 1.54) is 16.8 Å². The molecular formula is C20H20F3N3O4. The van der Waals surface area contributed by atoms with Crippen molar-refractivity contribution in [2.24, 2.45) is 11.8 Å². The first kappa shape index (κ1) is 20.4. The fourth-order valence-corrected chi connectivity index (χ4v) is 5.27. The molecule has 4 rings (SSSR count). The van der Waals surface area contributed by atoms with Gasteiger partial charge in [0.05, 0.1) is 23.4 Å². The molecule has 160 valence electrons. The van der Waals surface area contributed by atoms with E-state index in [9.17, 15) is 32.3 Å². The third-order valence-electron chi connectivity index (χ3n) is 6.66. The van der Waals surface area contributed by atoms with Crippen molar-refractivity contribution in [3.8, 4) is 0 Å². The number of piperazine rings is 1. The lowest BCUT2D eigenvalue weighted by Gasteiger charge is -2.48. The van der Waals surface area contributed by atoms with Crippen molar-refractivity contribution in [2.75, 3.05) is 20.6 Å². The number of halogens is 3. The Kier molecular flexibility index (Phi) is 4.27. The van der Waals surface area contributed by atoms with Crippen LogP contribution in [0.2, 0.25) is 0 Å². The molecule has 3 saturated heterocycles. The van der Waals surface area contributed by atoms with Gasteiger partial charge < -0.3 is 9.80 Å². The molecule has 30 heavy (non-hydrogen) atoms. The molecule has 1 aromatic rings. The molecule has 0 aliphatic carbocycles. The maximum Gasteiger partial charge on any atom is 0.416 e. The predicted molar refractivity (Wildman–Crippen MR) is 96.8 cm³/mol. The van der Waals surface area contributed by atoms with Gasteiger partial charge in [0, 0.05) is 26.2 Å². The normalized spacial score (nSPS) is 30.9. The number of alkyl halides is 3. The van der Waals surface area contributed by atoms with Crippen LogP contribution in [0.3, 0.4) is 0 Å². The van der Waals surface area contributed by atoms with Gasteiger partial charge >= 0.3 is 6.18 Å². The number of carbonyl (C=O) groups is 4. The average molecular weight is 423 g/mol. The summed E-state index contributed by atoms with van der Waals surface area (Å²) in [4.78, 5) is 56.1. The Morgan fingerprint density at radius 2 is 1.70 bits per heavy atom. The summed E-state index contributed by atoms with van der Waals surface area (Å²) in [7, 11) is 2.91. The fraction of sp³-hybridized carbons (Fsp3) is 0.500. The molecule has 0 N–H and O–H groups in total. The molecule has 4 amide bonds. The van der Waals surface area contributed by atoms with Gasteiger partial charge in [0.15, 0.2) is 0 Å². The molecule has 0 saturated carbocycles. The SMILES string of the molecule is CC[C@]12C(=O)N(C)C[C@H]([C@@H]3C(=O)N(C)C(=O)[C@@H]31)N2C(=O)c1ccc(C(F)(F)F)cc1. The molecule has 3 fully saturated rings. The number of amides is 4. The van der Waals surface area contributed by atoms with Crippen LogP contribution in [0, 0.1) is 11.8 Å². The van der Waals surface area contributed by atoms with Gasteiger partial charge in [0.1, 0.15) is 5.54 Å². The highest BCUT2D eigenvalue weighted by atomic mass is 19.4. The molecular weight excluding hydrogens is 403 g/mol. The highest BCUT2D eigenvalue weighted by molar-refractivity contribution is 6.13. The van der Waals surface area contributed by atoms with Gasteiger partial charge in [0.25, 0.3) is 5.91 Å². The second-order valence-corrected chi connectivity index (χ2v) is 8.02. The second-order valence-electron chi connectivity index (χ2n) is 8.02. The smallest absolute Gasteiger partial charge is 0.342 e. The van der Waals surface area contributed by atoms with Gasteiger partial charge in [0.2, 0.25) is 17.7 Å². The van der Waals surface area contributed by atoms with E-state index in [1.54, 1.807) is 14.0 Å². The maximum absolute atomic E-state index is 13.4. The molecule has 7 nitrogen and oxygen atoms in total. The van der Waals surface area contributed by atoms with Crippen molar-refractivity contribution in [2.45, 2.75) is 31.1 Å². The Morgan fingerprint density at radius 1 is 1.10 bits per heavy atom. The van der Waals surface area contributed by atoms with Crippen molar-refractivity contribution in [1.29, 1.82) is 0 Å². The van der Waals surface area contributed by atoms with Crippen LogP contribution in [0.5, 0.6) is 0 Å². The minimum Gasteiger partial charge on any atom is -0.342 e. The zero-order chi connectivity index (χ0) is 22.2. The van der Waals surface area contributed by atoms with Gasteiger partial charge in [-0.05, 0) is 30.7 Å². The van der Waals surface area contributed by atoms with Crippen LogP contribution >= 0.6 is 0 Å². The number of carbonyl (C=O) groups excluding carboxylic acids is 4. The van der Waals surface area contributed by atoms with Crippen LogP contribution < -0.4 is 0 Å². The number of hydrogen-bond donors (Lipinski definition) is 0. The number of fused-ring (bicyclic) bond motifs is 5. The Morgan fingerprint density at radius 3 is 2.23 bits per heavy atom. The Balaban J connectivity index is 1.82. The fourth-order valence-electron chi connectivity index (χ4n) is 5.27. The summed E-state index contributed by atoms with van der Waals surface area (Å²) in [6, 6.07) is 2.99. The standard InChI is InChI=1S/C20H20F3N3O4/c1-4-19-14-13(16(28)25(3)17(14)29)12(9-24(2)18(19)30)26(19)15(27)10-5-7-11(8-6-10)20(21,22)23/h5-8,12-14H,4,9H2,1-3H3/t12-,13+,14-,19-/m1/s1. The third-order valence-corrected chi connectivity index (χ3v) is 6.66. The van der Waals surface area contributed by atoms with Crippen LogP contribution in [0.15, 0.2) is 24.3 Å². The quantitative estimate of drug-likeness (QED) is 0.674. The van der Waals surface area contributed by atoms with E-state index in [2.05, 4.69) is 0 Å². The number of benzene rings is 1. The molecule has 3 aliphatic rings. The molecule has 4 atom stereocenters. The second kappa shape index (κ2) is 6.29. The van der Waals surface area contributed by atoms with Crippen LogP contribution in [0.4, 0.5) is 13.2 Å². The number of imide groups is 1.